The van der Waals surface area contributed by atoms with Crippen molar-refractivity contribution in [2.24, 2.45) is 0 Å². The van der Waals surface area contributed by atoms with Gasteiger partial charge in [0, 0.05) is 16.7 Å². The highest BCUT2D eigenvalue weighted by Crippen LogP contribution is 2.22. The molecule has 0 saturated carbocycles. The predicted molar refractivity (Wildman–Crippen MR) is 45.7 cm³/mol. The SMILES string of the molecule is [O-][S+]1C=CCc2ccccc21. The summed E-state index contributed by atoms with van der Waals surface area (Å²) in [6.45, 7) is 0. The van der Waals surface area contributed by atoms with Gasteiger partial charge >= 0.3 is 0 Å². The molecule has 1 aliphatic heterocycles. The minimum absolute atomic E-state index is 0.896. The summed E-state index contributed by atoms with van der Waals surface area (Å²) in [5.41, 5.74) is 1.19. The first-order chi connectivity index (χ1) is 5.38. The molecule has 1 unspecified atom stereocenters. The van der Waals surface area contributed by atoms with Gasteiger partial charge in [-0.05, 0) is 18.6 Å². The number of hydrogen-bond donors (Lipinski definition) is 0. The van der Waals surface area contributed by atoms with Gasteiger partial charge in [0.05, 0.1) is 0 Å². The first-order valence-electron chi connectivity index (χ1n) is 3.53. The van der Waals surface area contributed by atoms with Gasteiger partial charge in [-0.3, -0.25) is 0 Å². The van der Waals surface area contributed by atoms with Crippen LogP contribution < -0.4 is 0 Å². The number of benzene rings is 1. The Labute approximate surface area is 68.9 Å². The molecule has 0 radical (unpaired) electrons. The van der Waals surface area contributed by atoms with Gasteiger partial charge in [-0.15, -0.1) is 0 Å². The highest BCUT2D eigenvalue weighted by molar-refractivity contribution is 7.94. The molecule has 1 aromatic rings. The van der Waals surface area contributed by atoms with Crippen LogP contribution in [0.2, 0.25) is 0 Å². The second-order valence-corrected chi connectivity index (χ2v) is 3.79. The van der Waals surface area contributed by atoms with Crippen LogP contribution in [0.3, 0.4) is 0 Å². The maximum atomic E-state index is 11.3. The Morgan fingerprint density at radius 3 is 2.91 bits per heavy atom. The molecule has 1 aliphatic rings. The molecule has 0 N–H and O–H groups in total. The molecule has 0 spiro atoms. The van der Waals surface area contributed by atoms with E-state index in [1.807, 2.05) is 30.3 Å². The minimum atomic E-state index is -0.896. The van der Waals surface area contributed by atoms with E-state index in [-0.39, 0.29) is 0 Å². The van der Waals surface area contributed by atoms with Gasteiger partial charge in [0.1, 0.15) is 5.41 Å². The molecule has 0 aliphatic carbocycles. The molecule has 1 aromatic carbocycles. The Hall–Kier alpha value is -0.730. The Morgan fingerprint density at radius 1 is 1.27 bits per heavy atom. The zero-order valence-corrected chi connectivity index (χ0v) is 6.80. The van der Waals surface area contributed by atoms with Crippen molar-refractivity contribution >= 4 is 11.2 Å². The normalized spacial score (nSPS) is 21.4. The number of fused-ring (bicyclic) bond motifs is 1. The molecule has 2 heteroatoms. The van der Waals surface area contributed by atoms with E-state index in [1.165, 1.54) is 5.56 Å². The second kappa shape index (κ2) is 2.72. The molecular formula is C9H8OS. The Bertz CT molecular complexity index is 293. The molecule has 56 valence electrons. The van der Waals surface area contributed by atoms with E-state index in [4.69, 9.17) is 0 Å². The van der Waals surface area contributed by atoms with Gasteiger partial charge < -0.3 is 4.55 Å². The molecule has 1 heterocycles. The third kappa shape index (κ3) is 1.19. The van der Waals surface area contributed by atoms with Gasteiger partial charge in [0.15, 0.2) is 4.90 Å². The van der Waals surface area contributed by atoms with Crippen LogP contribution in [0.5, 0.6) is 0 Å². The standard InChI is InChI=1S/C9H8OS/c10-11-7-3-5-8-4-1-2-6-9(8)11/h1-4,6-7H,5H2. The van der Waals surface area contributed by atoms with Crippen LogP contribution in [0.15, 0.2) is 40.6 Å². The average Bonchev–Trinajstić information content (AvgIpc) is 2.06. The summed E-state index contributed by atoms with van der Waals surface area (Å²) in [4.78, 5) is 0.968. The fraction of sp³-hybridized carbons (Fsp3) is 0.111. The van der Waals surface area contributed by atoms with Crippen molar-refractivity contribution in [2.75, 3.05) is 0 Å². The first-order valence-corrected chi connectivity index (χ1v) is 4.74. The number of hydrogen-bond acceptors (Lipinski definition) is 1. The zero-order chi connectivity index (χ0) is 7.68. The van der Waals surface area contributed by atoms with Crippen LogP contribution in [-0.4, -0.2) is 4.55 Å². The Morgan fingerprint density at radius 2 is 2.09 bits per heavy atom. The van der Waals surface area contributed by atoms with Crippen molar-refractivity contribution in [2.45, 2.75) is 11.3 Å². The van der Waals surface area contributed by atoms with Crippen LogP contribution in [0, 0.1) is 0 Å². The smallest absolute Gasteiger partial charge is 0.161 e. The molecule has 0 amide bonds. The summed E-state index contributed by atoms with van der Waals surface area (Å²) >= 11 is -0.896. The highest BCUT2D eigenvalue weighted by atomic mass is 32.2. The summed E-state index contributed by atoms with van der Waals surface area (Å²) in [6.07, 6.45) is 2.88. The summed E-state index contributed by atoms with van der Waals surface area (Å²) < 4.78 is 11.3. The lowest BCUT2D eigenvalue weighted by molar-refractivity contribution is 0.601. The van der Waals surface area contributed by atoms with E-state index in [2.05, 4.69) is 0 Å². The van der Waals surface area contributed by atoms with Crippen LogP contribution in [0.1, 0.15) is 5.56 Å². The predicted octanol–water partition coefficient (Wildman–Crippen LogP) is 1.86. The maximum Gasteiger partial charge on any atom is 0.161 e. The fourth-order valence-electron chi connectivity index (χ4n) is 1.20. The summed E-state index contributed by atoms with van der Waals surface area (Å²) in [7, 11) is 0. The van der Waals surface area contributed by atoms with Crippen molar-refractivity contribution in [1.82, 2.24) is 0 Å². The summed E-state index contributed by atoms with van der Waals surface area (Å²) in [5.74, 6) is 0. The molecule has 0 bridgehead atoms. The molecule has 11 heavy (non-hydrogen) atoms. The van der Waals surface area contributed by atoms with Crippen molar-refractivity contribution in [3.05, 3.63) is 41.3 Å². The first kappa shape index (κ1) is 6.95. The molecule has 0 saturated heterocycles. The molecule has 1 atom stereocenters. The van der Waals surface area contributed by atoms with Gasteiger partial charge in [-0.25, -0.2) is 0 Å². The van der Waals surface area contributed by atoms with Crippen LogP contribution in [0.4, 0.5) is 0 Å². The van der Waals surface area contributed by atoms with E-state index in [9.17, 15) is 4.55 Å². The number of allylic oxidation sites excluding steroid dienone is 1. The second-order valence-electron chi connectivity index (χ2n) is 2.48. The largest absolute Gasteiger partial charge is 0.607 e. The van der Waals surface area contributed by atoms with Crippen molar-refractivity contribution in [3.63, 3.8) is 0 Å². The van der Waals surface area contributed by atoms with Crippen molar-refractivity contribution < 1.29 is 4.55 Å². The zero-order valence-electron chi connectivity index (χ0n) is 5.99. The van der Waals surface area contributed by atoms with E-state index < -0.39 is 11.2 Å². The van der Waals surface area contributed by atoms with Gasteiger partial charge in [0.25, 0.3) is 0 Å². The van der Waals surface area contributed by atoms with Gasteiger partial charge in [0.2, 0.25) is 0 Å². The summed E-state index contributed by atoms with van der Waals surface area (Å²) in [6, 6.07) is 7.86. The topological polar surface area (TPSA) is 23.1 Å². The maximum absolute atomic E-state index is 11.3. The van der Waals surface area contributed by atoms with E-state index in [0.29, 0.717) is 0 Å². The highest BCUT2D eigenvalue weighted by Gasteiger charge is 2.15. The van der Waals surface area contributed by atoms with E-state index >= 15 is 0 Å². The minimum Gasteiger partial charge on any atom is -0.607 e. The molecule has 2 rings (SSSR count). The van der Waals surface area contributed by atoms with Crippen LogP contribution >= 0.6 is 0 Å². The lowest BCUT2D eigenvalue weighted by Gasteiger charge is -2.12. The Kier molecular flexibility index (Phi) is 1.72. The average molecular weight is 164 g/mol. The third-order valence-electron chi connectivity index (χ3n) is 1.75. The lowest BCUT2D eigenvalue weighted by Crippen LogP contribution is -2.05. The number of rotatable bonds is 0. The molecular weight excluding hydrogens is 156 g/mol. The third-order valence-corrected chi connectivity index (χ3v) is 3.02. The van der Waals surface area contributed by atoms with E-state index in [1.54, 1.807) is 5.41 Å². The van der Waals surface area contributed by atoms with Crippen molar-refractivity contribution in [1.29, 1.82) is 0 Å². The van der Waals surface area contributed by atoms with Crippen LogP contribution in [-0.2, 0) is 17.6 Å². The fourth-order valence-corrected chi connectivity index (χ4v) is 2.24. The monoisotopic (exact) mass is 164 g/mol. The van der Waals surface area contributed by atoms with Gasteiger partial charge in [-0.2, -0.15) is 0 Å². The Balaban J connectivity index is 2.50. The molecule has 0 fully saturated rings. The van der Waals surface area contributed by atoms with E-state index in [0.717, 1.165) is 11.3 Å². The van der Waals surface area contributed by atoms with Gasteiger partial charge in [-0.1, -0.05) is 18.2 Å². The van der Waals surface area contributed by atoms with Crippen molar-refractivity contribution in [3.8, 4) is 0 Å². The lowest BCUT2D eigenvalue weighted by atomic mass is 10.1. The summed E-state index contributed by atoms with van der Waals surface area (Å²) in [5, 5.41) is 1.75. The molecule has 0 aromatic heterocycles. The molecule has 1 nitrogen and oxygen atoms in total. The quantitative estimate of drug-likeness (QED) is 0.537. The van der Waals surface area contributed by atoms with Crippen LogP contribution in [0.25, 0.3) is 0 Å².